The van der Waals surface area contributed by atoms with Crippen molar-refractivity contribution >= 4 is 29.5 Å². The number of benzene rings is 1. The molecular weight excluding hydrogens is 464 g/mol. The van der Waals surface area contributed by atoms with Gasteiger partial charge in [-0.15, -0.1) is 11.8 Å². The number of esters is 1. The Labute approximate surface area is 210 Å². The summed E-state index contributed by atoms with van der Waals surface area (Å²) < 4.78 is 3.86. The van der Waals surface area contributed by atoms with Crippen LogP contribution in [0.3, 0.4) is 0 Å². The molecule has 7 nitrogen and oxygen atoms in total. The Morgan fingerprint density at radius 2 is 1.83 bits per heavy atom. The molecule has 0 aliphatic carbocycles. The number of carbonyl (C=O) groups is 3. The summed E-state index contributed by atoms with van der Waals surface area (Å²) in [5.41, 5.74) is 1.00. The molecule has 1 aromatic rings. The second-order valence-corrected chi connectivity index (χ2v) is 12.2. The van der Waals surface area contributed by atoms with Crippen LogP contribution in [-0.2, 0) is 25.7 Å². The summed E-state index contributed by atoms with van der Waals surface area (Å²) in [6, 6.07) is 8.42. The lowest BCUT2D eigenvalue weighted by molar-refractivity contribution is -0.153. The highest BCUT2D eigenvalue weighted by Gasteiger charge is 2.74. The highest BCUT2D eigenvalue weighted by Crippen LogP contribution is 2.65. The highest BCUT2D eigenvalue weighted by atomic mass is 32.2. The molecule has 4 heterocycles. The smallest absolute Gasteiger partial charge is 0.311 e. The first-order valence-electron chi connectivity index (χ1n) is 12.2. The van der Waals surface area contributed by atoms with Gasteiger partial charge in [0, 0.05) is 17.8 Å². The molecule has 0 bridgehead atoms. The van der Waals surface area contributed by atoms with Crippen molar-refractivity contribution in [2.75, 3.05) is 19.8 Å². The average Bonchev–Trinajstić information content (AvgIpc) is 3.08. The molecule has 186 valence electrons. The Balaban J connectivity index is 1.64. The molecule has 8 heteroatoms. The molecule has 1 spiro atoms. The van der Waals surface area contributed by atoms with Crippen LogP contribution >= 0.6 is 11.8 Å². The normalized spacial score (nSPS) is 34.9. The predicted molar refractivity (Wildman–Crippen MR) is 133 cm³/mol. The molecule has 5 rings (SSSR count). The summed E-state index contributed by atoms with van der Waals surface area (Å²) in [7, 11) is 0. The number of likely N-dealkylation sites (tertiary alicyclic amines) is 1. The second-order valence-electron chi connectivity index (χ2n) is 10.4. The number of thioether (sulfide) groups is 1. The Kier molecular flexibility index (Phi) is 6.08. The third kappa shape index (κ3) is 3.64. The first-order chi connectivity index (χ1) is 16.7. The summed E-state index contributed by atoms with van der Waals surface area (Å²) in [5, 5.41) is 10.3. The quantitative estimate of drug-likeness (QED) is 0.498. The molecule has 2 saturated heterocycles. The van der Waals surface area contributed by atoms with E-state index in [0.29, 0.717) is 13.1 Å². The molecule has 0 saturated carbocycles. The number of aliphatic hydroxyl groups excluding tert-OH is 1. The Morgan fingerprint density at radius 3 is 2.51 bits per heavy atom. The number of amides is 2. The second kappa shape index (κ2) is 8.82. The number of fused-ring (bicyclic) bond motifs is 2. The molecule has 1 aromatic carbocycles. The van der Waals surface area contributed by atoms with Gasteiger partial charge in [-0.3, -0.25) is 14.4 Å². The number of ether oxygens (including phenoxy) is 1. The van der Waals surface area contributed by atoms with E-state index in [0.717, 1.165) is 5.56 Å². The lowest BCUT2D eigenvalue weighted by atomic mass is 9.75. The van der Waals surface area contributed by atoms with Gasteiger partial charge in [-0.2, -0.15) is 0 Å². The highest BCUT2D eigenvalue weighted by molar-refractivity contribution is 8.02. The molecule has 6 atom stereocenters. The fraction of sp³-hybridized carbons (Fsp3) is 0.519. The fourth-order valence-electron chi connectivity index (χ4n) is 6.26. The van der Waals surface area contributed by atoms with Crippen LogP contribution in [0.15, 0.2) is 54.6 Å². The third-order valence-electron chi connectivity index (χ3n) is 7.86. The molecule has 2 fully saturated rings. The number of hydrogen-bond acceptors (Lipinski definition) is 6. The topological polar surface area (TPSA) is 87.2 Å². The molecule has 4 aliphatic rings. The van der Waals surface area contributed by atoms with E-state index in [4.69, 9.17) is 4.74 Å². The van der Waals surface area contributed by atoms with Gasteiger partial charge in [0.05, 0.1) is 29.2 Å². The van der Waals surface area contributed by atoms with E-state index < -0.39 is 39.4 Å². The van der Waals surface area contributed by atoms with Crippen LogP contribution in [0, 0.1) is 17.8 Å². The zero-order chi connectivity index (χ0) is 25.0. The fourth-order valence-corrected chi connectivity index (χ4v) is 8.40. The van der Waals surface area contributed by atoms with Crippen molar-refractivity contribution in [3.05, 3.63) is 60.2 Å². The molecule has 0 aromatic heterocycles. The monoisotopic (exact) mass is 496 g/mol. The van der Waals surface area contributed by atoms with Crippen LogP contribution in [0.2, 0.25) is 0 Å². The van der Waals surface area contributed by atoms with Crippen molar-refractivity contribution in [2.24, 2.45) is 17.8 Å². The molecule has 4 aliphatic heterocycles. The van der Waals surface area contributed by atoms with Gasteiger partial charge in [0.1, 0.15) is 12.6 Å². The lowest BCUT2D eigenvalue weighted by Crippen LogP contribution is -2.57. The van der Waals surface area contributed by atoms with Gasteiger partial charge in [-0.25, -0.2) is 0 Å². The standard InChI is InChI=1S/C27H32N2O5S/c1-17(2)19(16-30)29-22-24(32)28(15-18-9-5-4-6-10-18)13-7-12-27(22)20(23(29)31)21-25(33)34-14-8-11-26(21,3)35-27/h4-12,17,19-22,30H,13-16H2,1-3H3/t19-,20-,21-,22?,26+,27-/m0/s1. The summed E-state index contributed by atoms with van der Waals surface area (Å²) >= 11 is 1.52. The summed E-state index contributed by atoms with van der Waals surface area (Å²) in [6.07, 6.45) is 7.74. The molecule has 1 N–H and O–H groups in total. The number of nitrogens with zero attached hydrogens (tertiary/aromatic N) is 2. The van der Waals surface area contributed by atoms with E-state index >= 15 is 0 Å². The van der Waals surface area contributed by atoms with Crippen molar-refractivity contribution in [3.8, 4) is 0 Å². The van der Waals surface area contributed by atoms with Crippen LogP contribution in [0.25, 0.3) is 0 Å². The molecule has 0 radical (unpaired) electrons. The number of aliphatic hydroxyl groups is 1. The predicted octanol–water partition coefficient (Wildman–Crippen LogP) is 2.40. The molecule has 1 unspecified atom stereocenters. The van der Waals surface area contributed by atoms with Gasteiger partial charge in [-0.05, 0) is 24.5 Å². The maximum absolute atomic E-state index is 14.3. The number of carbonyl (C=O) groups excluding carboxylic acids is 3. The van der Waals surface area contributed by atoms with E-state index in [2.05, 4.69) is 0 Å². The SMILES string of the molecule is CC(C)[C@H](CO)N1C(=O)[C@@H]2[C@H]3C(=O)OCC=C[C@@]3(C)S[C@@]23C=CCN(Cc2ccccc2)C(=O)C13. The van der Waals surface area contributed by atoms with Gasteiger partial charge in [0.2, 0.25) is 11.8 Å². The lowest BCUT2D eigenvalue weighted by Gasteiger charge is -2.40. The average molecular weight is 497 g/mol. The minimum atomic E-state index is -0.929. The van der Waals surface area contributed by atoms with Crippen molar-refractivity contribution in [1.82, 2.24) is 9.80 Å². The first-order valence-corrected chi connectivity index (χ1v) is 13.0. The summed E-state index contributed by atoms with van der Waals surface area (Å²) in [4.78, 5) is 45.1. The maximum Gasteiger partial charge on any atom is 0.311 e. The van der Waals surface area contributed by atoms with Crippen molar-refractivity contribution < 1.29 is 24.2 Å². The first kappa shape index (κ1) is 24.1. The van der Waals surface area contributed by atoms with Gasteiger partial charge < -0.3 is 19.6 Å². The van der Waals surface area contributed by atoms with E-state index in [-0.39, 0.29) is 30.9 Å². The van der Waals surface area contributed by atoms with Gasteiger partial charge >= 0.3 is 5.97 Å². The zero-order valence-corrected chi connectivity index (χ0v) is 21.1. The van der Waals surface area contributed by atoms with E-state index in [1.54, 1.807) is 9.80 Å². The van der Waals surface area contributed by atoms with E-state index in [1.807, 2.05) is 75.4 Å². The van der Waals surface area contributed by atoms with Crippen molar-refractivity contribution in [2.45, 2.75) is 48.9 Å². The Morgan fingerprint density at radius 1 is 1.09 bits per heavy atom. The Bertz CT molecular complexity index is 1090. The van der Waals surface area contributed by atoms with Gasteiger partial charge in [-0.1, -0.05) is 62.4 Å². The summed E-state index contributed by atoms with van der Waals surface area (Å²) in [5.74, 6) is -2.34. The van der Waals surface area contributed by atoms with Gasteiger partial charge in [0.25, 0.3) is 0 Å². The van der Waals surface area contributed by atoms with Crippen LogP contribution in [0.4, 0.5) is 0 Å². The number of cyclic esters (lactones) is 1. The molecular formula is C27H32N2O5S. The third-order valence-corrected chi connectivity index (χ3v) is 9.66. The molecule has 35 heavy (non-hydrogen) atoms. The van der Waals surface area contributed by atoms with Crippen LogP contribution in [0.5, 0.6) is 0 Å². The van der Waals surface area contributed by atoms with E-state index in [9.17, 15) is 19.5 Å². The number of rotatable bonds is 5. The zero-order valence-electron chi connectivity index (χ0n) is 20.3. The van der Waals surface area contributed by atoms with Gasteiger partial charge in [0.15, 0.2) is 0 Å². The minimum absolute atomic E-state index is 0.0696. The van der Waals surface area contributed by atoms with Crippen LogP contribution in [0.1, 0.15) is 26.3 Å². The molecule has 2 amide bonds. The maximum atomic E-state index is 14.3. The van der Waals surface area contributed by atoms with Crippen LogP contribution in [-0.4, -0.2) is 74.0 Å². The van der Waals surface area contributed by atoms with Crippen LogP contribution < -0.4 is 0 Å². The Hall–Kier alpha value is -2.58. The van der Waals surface area contributed by atoms with Crippen molar-refractivity contribution in [1.29, 1.82) is 0 Å². The summed E-state index contributed by atoms with van der Waals surface area (Å²) in [6.45, 7) is 6.59. The minimum Gasteiger partial charge on any atom is -0.461 e. The largest absolute Gasteiger partial charge is 0.461 e. The van der Waals surface area contributed by atoms with E-state index in [1.165, 1.54) is 11.8 Å². The number of hydrogen-bond donors (Lipinski definition) is 1. The van der Waals surface area contributed by atoms with Crippen molar-refractivity contribution in [3.63, 3.8) is 0 Å².